The predicted molar refractivity (Wildman–Crippen MR) is 105 cm³/mol. The molecule has 7 heteroatoms. The summed E-state index contributed by atoms with van der Waals surface area (Å²) in [5.41, 5.74) is 3.74. The first kappa shape index (κ1) is 18.5. The van der Waals surface area contributed by atoms with Crippen molar-refractivity contribution in [3.05, 3.63) is 46.2 Å². The van der Waals surface area contributed by atoms with Gasteiger partial charge < -0.3 is 9.84 Å². The van der Waals surface area contributed by atoms with E-state index in [-0.39, 0.29) is 30.0 Å². The first-order valence-electron chi connectivity index (χ1n) is 9.09. The second kappa shape index (κ2) is 7.26. The van der Waals surface area contributed by atoms with Gasteiger partial charge in [0.05, 0.1) is 22.8 Å². The average Bonchev–Trinajstić information content (AvgIpc) is 2.66. The van der Waals surface area contributed by atoms with Crippen LogP contribution >= 0.6 is 12.2 Å². The number of carboxylic acids is 1. The Kier molecular flexibility index (Phi) is 4.79. The minimum atomic E-state index is -1.08. The van der Waals surface area contributed by atoms with Crippen LogP contribution in [0.15, 0.2) is 40.1 Å². The van der Waals surface area contributed by atoms with Gasteiger partial charge in [-0.05, 0) is 59.5 Å². The Morgan fingerprint density at radius 2 is 1.96 bits per heavy atom. The molecule has 0 aromatic heterocycles. The minimum absolute atomic E-state index is 0.0906. The van der Waals surface area contributed by atoms with Crippen LogP contribution in [0.2, 0.25) is 0 Å². The van der Waals surface area contributed by atoms with Crippen LogP contribution in [-0.4, -0.2) is 33.9 Å². The summed E-state index contributed by atoms with van der Waals surface area (Å²) in [6.07, 6.45) is 1.86. The van der Waals surface area contributed by atoms with E-state index in [0.29, 0.717) is 42.7 Å². The highest BCUT2D eigenvalue weighted by Crippen LogP contribution is 2.46. The number of hydrogen-bond donors (Lipinski definition) is 1. The molecular weight excluding hydrogens is 378 g/mol. The number of Topliss-reactive ketones (excluding diaryl/α,β-unsaturated/α-hetero) is 2. The van der Waals surface area contributed by atoms with Crippen molar-refractivity contribution in [3.8, 4) is 0 Å². The Bertz CT molecular complexity index is 1030. The van der Waals surface area contributed by atoms with E-state index in [1.165, 1.54) is 6.07 Å². The molecule has 0 radical (unpaired) electrons. The second-order valence-corrected chi connectivity index (χ2v) is 7.29. The number of carboxylic acid groups (broad SMARTS) is 1. The predicted octanol–water partition coefficient (Wildman–Crippen LogP) is 4.03. The van der Waals surface area contributed by atoms with Crippen molar-refractivity contribution in [2.45, 2.75) is 44.6 Å². The maximum absolute atomic E-state index is 12.0. The number of allylic oxidation sites excluding steroid dienone is 3. The zero-order valence-electron chi connectivity index (χ0n) is 15.0. The summed E-state index contributed by atoms with van der Waals surface area (Å²) < 4.78 is 6.04. The molecule has 0 amide bonds. The number of thiocarbonyl (C=S) groups is 1. The summed E-state index contributed by atoms with van der Waals surface area (Å²) in [6.45, 7) is 0. The van der Waals surface area contributed by atoms with Gasteiger partial charge in [-0.15, -0.1) is 0 Å². The Balaban J connectivity index is 1.94. The van der Waals surface area contributed by atoms with Gasteiger partial charge in [0.1, 0.15) is 23.4 Å². The van der Waals surface area contributed by atoms with Crippen LogP contribution in [0.3, 0.4) is 0 Å². The highest BCUT2D eigenvalue weighted by molar-refractivity contribution is 7.78. The van der Waals surface area contributed by atoms with Crippen molar-refractivity contribution < 1.29 is 24.2 Å². The highest BCUT2D eigenvalue weighted by Gasteiger charge is 2.38. The Morgan fingerprint density at radius 1 is 1.18 bits per heavy atom. The number of carbonyl (C=O) groups is 3. The van der Waals surface area contributed by atoms with E-state index in [0.717, 1.165) is 16.7 Å². The molecule has 0 spiro atoms. The number of rotatable bonds is 3. The van der Waals surface area contributed by atoms with E-state index in [4.69, 9.17) is 4.74 Å². The lowest BCUT2D eigenvalue weighted by molar-refractivity contribution is -0.122. The number of aliphatic imine (C=N–C) groups is 1. The lowest BCUT2D eigenvalue weighted by Crippen LogP contribution is -2.32. The number of benzene rings is 1. The number of isothiocyanates is 1. The van der Waals surface area contributed by atoms with Gasteiger partial charge in [0, 0.05) is 19.3 Å². The van der Waals surface area contributed by atoms with E-state index in [2.05, 4.69) is 22.4 Å². The van der Waals surface area contributed by atoms with Crippen molar-refractivity contribution in [2.75, 3.05) is 0 Å². The molecule has 1 aliphatic heterocycles. The van der Waals surface area contributed by atoms with Gasteiger partial charge in [-0.1, -0.05) is 6.07 Å². The molecule has 142 valence electrons. The van der Waals surface area contributed by atoms with Gasteiger partial charge in [-0.2, -0.15) is 4.99 Å². The first-order chi connectivity index (χ1) is 13.5. The van der Waals surface area contributed by atoms with Crippen molar-refractivity contribution in [2.24, 2.45) is 4.99 Å². The fourth-order valence-electron chi connectivity index (χ4n) is 4.17. The molecule has 4 rings (SSSR count). The lowest BCUT2D eigenvalue weighted by atomic mass is 9.76. The van der Waals surface area contributed by atoms with Crippen molar-refractivity contribution in [1.29, 1.82) is 0 Å². The van der Waals surface area contributed by atoms with Gasteiger partial charge in [-0.25, -0.2) is 4.79 Å². The number of aromatic carboxylic acids is 1. The number of hydrogen-bond acceptors (Lipinski definition) is 6. The summed E-state index contributed by atoms with van der Waals surface area (Å²) in [7, 11) is 0. The van der Waals surface area contributed by atoms with E-state index in [9.17, 15) is 19.5 Å². The number of fused-ring (bicyclic) bond motifs is 1. The maximum Gasteiger partial charge on any atom is 0.336 e. The van der Waals surface area contributed by atoms with E-state index in [1.807, 2.05) is 0 Å². The van der Waals surface area contributed by atoms with Crippen LogP contribution < -0.4 is 0 Å². The third kappa shape index (κ3) is 3.23. The van der Waals surface area contributed by atoms with Crippen LogP contribution in [0.1, 0.15) is 54.4 Å². The number of carbonyl (C=O) groups excluding carboxylic acids is 2. The lowest BCUT2D eigenvalue weighted by Gasteiger charge is -2.37. The summed E-state index contributed by atoms with van der Waals surface area (Å²) >= 11 is 4.61. The monoisotopic (exact) mass is 395 g/mol. The average molecular weight is 395 g/mol. The van der Waals surface area contributed by atoms with Crippen molar-refractivity contribution in [1.82, 2.24) is 0 Å². The summed E-state index contributed by atoms with van der Waals surface area (Å²) in [4.78, 5) is 39.8. The van der Waals surface area contributed by atoms with Gasteiger partial charge in [0.2, 0.25) is 0 Å². The van der Waals surface area contributed by atoms with E-state index < -0.39 is 12.1 Å². The number of ketones is 2. The molecule has 6 nitrogen and oxygen atoms in total. The fraction of sp³-hybridized carbons (Fsp3) is 0.333. The quantitative estimate of drug-likeness (QED) is 0.613. The number of nitrogens with zero attached hydrogens (tertiary/aromatic N) is 1. The molecule has 3 aliphatic rings. The highest BCUT2D eigenvalue weighted by atomic mass is 32.1. The minimum Gasteiger partial charge on any atom is -0.489 e. The number of ether oxygens (including phenoxy) is 1. The molecule has 1 heterocycles. The third-order valence-corrected chi connectivity index (χ3v) is 5.50. The SMILES string of the molecule is O=C1CCC2=C(C1)OC1CC(=O)CCC1=C2c1ccc(N=C=S)cc1C(=O)O. The standard InChI is InChI=1S/C21H17NO5S/c23-12-2-5-15-18(8-12)27-19-9-13(24)3-6-16(19)20(15)14-4-1-11(22-10-28)7-17(14)21(25)26/h1,4,7,18H,2-3,5-6,8-9H2,(H,25,26). The molecule has 28 heavy (non-hydrogen) atoms. The molecule has 1 aromatic carbocycles. The summed E-state index contributed by atoms with van der Waals surface area (Å²) in [5, 5.41) is 12.0. The van der Waals surface area contributed by atoms with Crippen molar-refractivity contribution >= 4 is 46.2 Å². The topological polar surface area (TPSA) is 93.0 Å². The van der Waals surface area contributed by atoms with Crippen LogP contribution in [0, 0.1) is 0 Å². The molecule has 1 fully saturated rings. The van der Waals surface area contributed by atoms with Crippen molar-refractivity contribution in [3.63, 3.8) is 0 Å². The molecule has 1 N–H and O–H groups in total. The maximum atomic E-state index is 12.0. The first-order valence-corrected chi connectivity index (χ1v) is 9.50. The van der Waals surface area contributed by atoms with E-state index >= 15 is 0 Å². The molecule has 0 bridgehead atoms. The van der Waals surface area contributed by atoms with E-state index in [1.54, 1.807) is 12.1 Å². The zero-order valence-corrected chi connectivity index (χ0v) is 15.8. The molecule has 1 saturated carbocycles. The molecule has 1 unspecified atom stereocenters. The Hall–Kier alpha value is -2.89. The fourth-order valence-corrected chi connectivity index (χ4v) is 4.28. The Labute approximate surface area is 166 Å². The van der Waals surface area contributed by atoms with Gasteiger partial charge in [0.25, 0.3) is 0 Å². The molecule has 2 aliphatic carbocycles. The normalized spacial score (nSPS) is 21.5. The largest absolute Gasteiger partial charge is 0.489 e. The summed E-state index contributed by atoms with van der Waals surface area (Å²) in [5.74, 6) is -0.295. The van der Waals surface area contributed by atoms with Gasteiger partial charge in [-0.3, -0.25) is 9.59 Å². The summed E-state index contributed by atoms with van der Waals surface area (Å²) in [6, 6.07) is 4.88. The Morgan fingerprint density at radius 3 is 2.71 bits per heavy atom. The molecule has 0 saturated heterocycles. The zero-order chi connectivity index (χ0) is 19.8. The van der Waals surface area contributed by atoms with Crippen LogP contribution in [0.5, 0.6) is 0 Å². The van der Waals surface area contributed by atoms with Gasteiger partial charge >= 0.3 is 5.97 Å². The molecule has 1 atom stereocenters. The van der Waals surface area contributed by atoms with Gasteiger partial charge in [0.15, 0.2) is 0 Å². The molecular formula is C21H17NO5S. The third-order valence-electron chi connectivity index (χ3n) is 5.41. The van der Waals surface area contributed by atoms with Crippen LogP contribution in [0.25, 0.3) is 5.57 Å². The van der Waals surface area contributed by atoms with Crippen LogP contribution in [0.4, 0.5) is 5.69 Å². The smallest absolute Gasteiger partial charge is 0.336 e. The molecule has 1 aromatic rings. The second-order valence-electron chi connectivity index (χ2n) is 7.10. The van der Waals surface area contributed by atoms with Crippen LogP contribution in [-0.2, 0) is 14.3 Å².